The van der Waals surface area contributed by atoms with Crippen LogP contribution in [0.25, 0.3) is 0 Å². The number of hydrogen-bond donors (Lipinski definition) is 1. The van der Waals surface area contributed by atoms with Crippen LogP contribution in [-0.2, 0) is 4.79 Å². The van der Waals surface area contributed by atoms with Crippen molar-refractivity contribution in [2.75, 3.05) is 19.7 Å². The summed E-state index contributed by atoms with van der Waals surface area (Å²) in [6, 6.07) is 11.2. The molecule has 1 heterocycles. The van der Waals surface area contributed by atoms with E-state index in [-0.39, 0.29) is 24.2 Å². The van der Waals surface area contributed by atoms with E-state index in [1.165, 1.54) is 12.1 Å². The number of likely N-dealkylation sites (tertiary alicyclic amines) is 1. The van der Waals surface area contributed by atoms with Crippen LogP contribution >= 0.6 is 0 Å². The highest BCUT2D eigenvalue weighted by atomic mass is 19.1. The highest BCUT2D eigenvalue weighted by molar-refractivity contribution is 5.68. The summed E-state index contributed by atoms with van der Waals surface area (Å²) in [7, 11) is 0. The topological polar surface area (TPSA) is 49.8 Å². The molecular formula is C24H27F2NO3. The summed E-state index contributed by atoms with van der Waals surface area (Å²) in [5.74, 6) is 0.0141. The number of halogens is 2. The molecule has 6 heteroatoms. The predicted octanol–water partition coefficient (Wildman–Crippen LogP) is 5.00. The van der Waals surface area contributed by atoms with Crippen LogP contribution in [0.4, 0.5) is 8.78 Å². The molecule has 4 rings (SSSR count). The van der Waals surface area contributed by atoms with Crippen molar-refractivity contribution in [3.05, 3.63) is 65.2 Å². The van der Waals surface area contributed by atoms with Crippen molar-refractivity contribution in [3.8, 4) is 5.75 Å². The number of carboxylic acids is 1. The highest BCUT2D eigenvalue weighted by Gasteiger charge is 2.34. The fourth-order valence-electron chi connectivity index (χ4n) is 4.36. The molecular weight excluding hydrogens is 388 g/mol. The van der Waals surface area contributed by atoms with Gasteiger partial charge in [0.1, 0.15) is 17.4 Å². The Bertz CT molecular complexity index is 909. The zero-order valence-electron chi connectivity index (χ0n) is 17.1. The van der Waals surface area contributed by atoms with E-state index >= 15 is 0 Å². The molecule has 0 amide bonds. The summed E-state index contributed by atoms with van der Waals surface area (Å²) in [5, 5.41) is 9.21. The molecule has 4 nitrogen and oxygen atoms in total. The van der Waals surface area contributed by atoms with Crippen LogP contribution in [0.3, 0.4) is 0 Å². The van der Waals surface area contributed by atoms with Gasteiger partial charge in [-0.15, -0.1) is 0 Å². The van der Waals surface area contributed by atoms with Gasteiger partial charge in [0, 0.05) is 30.6 Å². The summed E-state index contributed by atoms with van der Waals surface area (Å²) in [6.45, 7) is 3.96. The van der Waals surface area contributed by atoms with Crippen LogP contribution < -0.4 is 4.74 Å². The largest absolute Gasteiger partial charge is 0.493 e. The molecule has 1 aliphatic heterocycles. The number of benzene rings is 2. The standard InChI is InChI=1S/C24H27F2NO3/c1-15(21-10-19(25)7-8-23(21)26)27-12-16(13-27)14-30-20-4-2-3-18(9-20)22(11-24(28)29)17-5-6-17/h2-4,7-10,15-17,22H,5-6,11-14H2,1H3,(H,28,29). The number of hydrogen-bond acceptors (Lipinski definition) is 3. The smallest absolute Gasteiger partial charge is 0.303 e. The lowest BCUT2D eigenvalue weighted by atomic mass is 9.91. The molecule has 2 aliphatic rings. The summed E-state index contributed by atoms with van der Waals surface area (Å²) < 4.78 is 33.4. The van der Waals surface area contributed by atoms with E-state index in [0.717, 1.165) is 43.3 Å². The molecule has 0 aromatic heterocycles. The van der Waals surface area contributed by atoms with E-state index in [2.05, 4.69) is 4.90 Å². The molecule has 1 saturated heterocycles. The van der Waals surface area contributed by atoms with Crippen LogP contribution in [0.2, 0.25) is 0 Å². The van der Waals surface area contributed by atoms with Gasteiger partial charge in [0.15, 0.2) is 0 Å². The van der Waals surface area contributed by atoms with Crippen molar-refractivity contribution >= 4 is 5.97 Å². The van der Waals surface area contributed by atoms with Gasteiger partial charge in [-0.25, -0.2) is 8.78 Å². The Kier molecular flexibility index (Phi) is 6.04. The third-order valence-electron chi connectivity index (χ3n) is 6.30. The maximum absolute atomic E-state index is 14.0. The van der Waals surface area contributed by atoms with Crippen molar-refractivity contribution in [3.63, 3.8) is 0 Å². The quantitative estimate of drug-likeness (QED) is 0.626. The Morgan fingerprint density at radius 2 is 1.97 bits per heavy atom. The fraction of sp³-hybridized carbons (Fsp3) is 0.458. The first-order chi connectivity index (χ1) is 14.4. The average molecular weight is 415 g/mol. The van der Waals surface area contributed by atoms with Crippen LogP contribution in [0.15, 0.2) is 42.5 Å². The van der Waals surface area contributed by atoms with Crippen LogP contribution in [-0.4, -0.2) is 35.7 Å². The third kappa shape index (κ3) is 4.81. The molecule has 0 spiro atoms. The van der Waals surface area contributed by atoms with Crippen molar-refractivity contribution in [1.29, 1.82) is 0 Å². The van der Waals surface area contributed by atoms with E-state index < -0.39 is 11.8 Å². The van der Waals surface area contributed by atoms with Gasteiger partial charge in [0.25, 0.3) is 0 Å². The van der Waals surface area contributed by atoms with Gasteiger partial charge in [-0.05, 0) is 67.5 Å². The normalized spacial score (nSPS) is 19.2. The molecule has 0 radical (unpaired) electrons. The molecule has 160 valence electrons. The summed E-state index contributed by atoms with van der Waals surface area (Å²) in [4.78, 5) is 13.3. The van der Waals surface area contributed by atoms with E-state index in [9.17, 15) is 18.7 Å². The number of carboxylic acid groups (broad SMARTS) is 1. The molecule has 1 saturated carbocycles. The van der Waals surface area contributed by atoms with Crippen LogP contribution in [0.1, 0.15) is 49.3 Å². The van der Waals surface area contributed by atoms with E-state index in [1.807, 2.05) is 31.2 Å². The second-order valence-electron chi connectivity index (χ2n) is 8.59. The first-order valence-electron chi connectivity index (χ1n) is 10.5. The van der Waals surface area contributed by atoms with Gasteiger partial charge in [-0.1, -0.05) is 12.1 Å². The molecule has 2 aromatic carbocycles. The molecule has 2 atom stereocenters. The second kappa shape index (κ2) is 8.72. The molecule has 1 aliphatic carbocycles. The van der Waals surface area contributed by atoms with Gasteiger partial charge in [0.2, 0.25) is 0 Å². The monoisotopic (exact) mass is 415 g/mol. The first kappa shape index (κ1) is 20.8. The highest BCUT2D eigenvalue weighted by Crippen LogP contribution is 2.45. The minimum Gasteiger partial charge on any atom is -0.493 e. The van der Waals surface area contributed by atoms with Crippen molar-refractivity contribution in [2.24, 2.45) is 11.8 Å². The van der Waals surface area contributed by atoms with Gasteiger partial charge in [-0.2, -0.15) is 0 Å². The number of carbonyl (C=O) groups is 1. The molecule has 2 aromatic rings. The number of nitrogens with zero attached hydrogens (tertiary/aromatic N) is 1. The lowest BCUT2D eigenvalue weighted by molar-refractivity contribution is -0.137. The number of aliphatic carboxylic acids is 1. The van der Waals surface area contributed by atoms with Crippen molar-refractivity contribution < 1.29 is 23.4 Å². The number of ether oxygens (including phenoxy) is 1. The Hall–Kier alpha value is -2.47. The van der Waals surface area contributed by atoms with Gasteiger partial charge in [0.05, 0.1) is 13.0 Å². The van der Waals surface area contributed by atoms with Crippen LogP contribution in [0.5, 0.6) is 5.75 Å². The second-order valence-corrected chi connectivity index (χ2v) is 8.59. The van der Waals surface area contributed by atoms with Gasteiger partial charge >= 0.3 is 5.97 Å². The molecule has 2 unspecified atom stereocenters. The van der Waals surface area contributed by atoms with Crippen molar-refractivity contribution in [1.82, 2.24) is 4.90 Å². The maximum Gasteiger partial charge on any atom is 0.303 e. The van der Waals surface area contributed by atoms with Gasteiger partial charge in [-0.3, -0.25) is 9.69 Å². The minimum absolute atomic E-state index is 0.0484. The summed E-state index contributed by atoms with van der Waals surface area (Å²) >= 11 is 0. The van der Waals surface area contributed by atoms with Crippen LogP contribution in [0, 0.1) is 23.5 Å². The molecule has 30 heavy (non-hydrogen) atoms. The first-order valence-corrected chi connectivity index (χ1v) is 10.5. The van der Waals surface area contributed by atoms with Gasteiger partial charge < -0.3 is 9.84 Å². The zero-order chi connectivity index (χ0) is 21.3. The Labute approximate surface area is 175 Å². The zero-order valence-corrected chi connectivity index (χ0v) is 17.1. The SMILES string of the molecule is CC(c1cc(F)ccc1F)N1CC(COc2cccc(C(CC(=O)O)C3CC3)c2)C1. The van der Waals surface area contributed by atoms with E-state index in [4.69, 9.17) is 4.74 Å². The molecule has 0 bridgehead atoms. The molecule has 2 fully saturated rings. The van der Waals surface area contributed by atoms with E-state index in [1.54, 1.807) is 0 Å². The van der Waals surface area contributed by atoms with E-state index in [0.29, 0.717) is 24.0 Å². The Balaban J connectivity index is 1.30. The lowest BCUT2D eigenvalue weighted by Gasteiger charge is -2.43. The maximum atomic E-state index is 14.0. The third-order valence-corrected chi connectivity index (χ3v) is 6.30. The summed E-state index contributed by atoms with van der Waals surface area (Å²) in [5.41, 5.74) is 1.41. The number of rotatable bonds is 9. The Morgan fingerprint density at radius 3 is 2.67 bits per heavy atom. The fourth-order valence-corrected chi connectivity index (χ4v) is 4.36. The average Bonchev–Trinajstić information content (AvgIpc) is 3.52. The Morgan fingerprint density at radius 1 is 1.20 bits per heavy atom. The lowest BCUT2D eigenvalue weighted by Crippen LogP contribution is -2.50. The van der Waals surface area contributed by atoms with Crippen molar-refractivity contribution in [2.45, 2.75) is 38.1 Å². The predicted molar refractivity (Wildman–Crippen MR) is 109 cm³/mol. The molecule has 1 N–H and O–H groups in total. The summed E-state index contributed by atoms with van der Waals surface area (Å²) in [6.07, 6.45) is 2.33. The minimum atomic E-state index is -0.767.